The van der Waals surface area contributed by atoms with Crippen LogP contribution >= 0.6 is 12.2 Å². The summed E-state index contributed by atoms with van der Waals surface area (Å²) in [6, 6.07) is 10.2. The van der Waals surface area contributed by atoms with Gasteiger partial charge in [0.2, 0.25) is 5.91 Å². The fourth-order valence-electron chi connectivity index (χ4n) is 2.34. The lowest BCUT2D eigenvalue weighted by molar-refractivity contribution is -0.115. The number of hydrogen-bond acceptors (Lipinski definition) is 5. The Labute approximate surface area is 175 Å². The van der Waals surface area contributed by atoms with Crippen LogP contribution in [-0.2, 0) is 4.79 Å². The van der Waals surface area contributed by atoms with E-state index >= 15 is 0 Å². The molecule has 8 heteroatoms. The van der Waals surface area contributed by atoms with Gasteiger partial charge in [0.15, 0.2) is 5.11 Å². The largest absolute Gasteiger partial charge is 0.494 e. The third-order valence-corrected chi connectivity index (χ3v) is 4.06. The van der Waals surface area contributed by atoms with Crippen LogP contribution in [0.3, 0.4) is 0 Å². The molecule has 0 atom stereocenters. The Hall–Kier alpha value is -3.13. The fourth-order valence-corrected chi connectivity index (χ4v) is 2.49. The van der Waals surface area contributed by atoms with E-state index in [-0.39, 0.29) is 11.0 Å². The van der Waals surface area contributed by atoms with Crippen LogP contribution in [0, 0.1) is 0 Å². The minimum absolute atomic E-state index is 0.0283. The molecule has 0 fully saturated rings. The summed E-state index contributed by atoms with van der Waals surface area (Å²) in [6.07, 6.45) is 8.84. The number of unbranched alkanes of at least 4 members (excludes halogenated alkanes) is 3. The first-order valence-corrected chi connectivity index (χ1v) is 9.85. The predicted octanol–water partition coefficient (Wildman–Crippen LogP) is 3.59. The number of benzene rings is 1. The molecule has 0 spiro atoms. The summed E-state index contributed by atoms with van der Waals surface area (Å²) in [5.41, 5.74) is 5.35. The maximum Gasteiger partial charge on any atom is 0.269 e. The van der Waals surface area contributed by atoms with Crippen molar-refractivity contribution < 1.29 is 18.7 Å². The molecule has 1 heterocycles. The number of hydrazine groups is 1. The van der Waals surface area contributed by atoms with E-state index in [4.69, 9.17) is 21.4 Å². The summed E-state index contributed by atoms with van der Waals surface area (Å²) in [6.45, 7) is 2.83. The van der Waals surface area contributed by atoms with E-state index in [0.717, 1.165) is 18.6 Å². The van der Waals surface area contributed by atoms with E-state index in [1.54, 1.807) is 36.4 Å². The van der Waals surface area contributed by atoms with Gasteiger partial charge in [0, 0.05) is 11.6 Å². The van der Waals surface area contributed by atoms with Crippen LogP contribution in [0.2, 0.25) is 0 Å². The zero-order chi connectivity index (χ0) is 20.9. The summed E-state index contributed by atoms with van der Waals surface area (Å²) in [5.74, 6) is 0.425. The van der Waals surface area contributed by atoms with Crippen LogP contribution in [0.25, 0.3) is 6.08 Å². The second-order valence-corrected chi connectivity index (χ2v) is 6.59. The van der Waals surface area contributed by atoms with Crippen molar-refractivity contribution in [3.8, 4) is 5.75 Å². The molecular weight excluding hydrogens is 390 g/mol. The maximum absolute atomic E-state index is 12.1. The zero-order valence-electron chi connectivity index (χ0n) is 16.3. The van der Waals surface area contributed by atoms with Crippen molar-refractivity contribution >= 4 is 35.2 Å². The molecule has 0 saturated carbocycles. The lowest BCUT2D eigenvalue weighted by Crippen LogP contribution is -2.48. The van der Waals surface area contributed by atoms with Crippen molar-refractivity contribution in [3.63, 3.8) is 0 Å². The van der Waals surface area contributed by atoms with Gasteiger partial charge < -0.3 is 9.15 Å². The number of carbonyl (C=O) groups is 2. The SMILES string of the molecule is CCCCCCOc1ccc(C(=O)NNC(=S)NC(=O)/C=C/c2ccco2)cc1. The third kappa shape index (κ3) is 8.61. The monoisotopic (exact) mass is 415 g/mol. The fraction of sp³-hybridized carbons (Fsp3) is 0.286. The number of carbonyl (C=O) groups excluding carboxylic acids is 2. The molecule has 7 nitrogen and oxygen atoms in total. The molecule has 1 aromatic carbocycles. The Balaban J connectivity index is 1.69. The van der Waals surface area contributed by atoms with Gasteiger partial charge in [0.1, 0.15) is 11.5 Å². The van der Waals surface area contributed by atoms with Crippen LogP contribution in [0.15, 0.2) is 53.2 Å². The highest BCUT2D eigenvalue weighted by Crippen LogP contribution is 2.13. The highest BCUT2D eigenvalue weighted by Gasteiger charge is 2.07. The summed E-state index contributed by atoms with van der Waals surface area (Å²) in [4.78, 5) is 23.9. The van der Waals surface area contributed by atoms with Gasteiger partial charge in [-0.3, -0.25) is 25.8 Å². The lowest BCUT2D eigenvalue weighted by atomic mass is 10.2. The van der Waals surface area contributed by atoms with E-state index in [9.17, 15) is 9.59 Å². The van der Waals surface area contributed by atoms with Gasteiger partial charge in [0.25, 0.3) is 5.91 Å². The van der Waals surface area contributed by atoms with Crippen LogP contribution < -0.4 is 20.9 Å². The Morgan fingerprint density at radius 2 is 1.90 bits per heavy atom. The number of thiocarbonyl (C=S) groups is 1. The number of hydrogen-bond donors (Lipinski definition) is 3. The second kappa shape index (κ2) is 12.4. The first-order valence-electron chi connectivity index (χ1n) is 9.44. The number of amides is 2. The van der Waals surface area contributed by atoms with Gasteiger partial charge in [-0.25, -0.2) is 0 Å². The second-order valence-electron chi connectivity index (χ2n) is 6.18. The first kappa shape index (κ1) is 22.2. The first-order chi connectivity index (χ1) is 14.1. The average Bonchev–Trinajstić information content (AvgIpc) is 3.24. The summed E-state index contributed by atoms with van der Waals surface area (Å²) in [5, 5.41) is 2.39. The molecule has 3 N–H and O–H groups in total. The molecular formula is C21H25N3O4S. The van der Waals surface area contributed by atoms with Crippen LogP contribution in [0.4, 0.5) is 0 Å². The minimum Gasteiger partial charge on any atom is -0.494 e. The molecule has 1 aromatic heterocycles. The van der Waals surface area contributed by atoms with Crippen LogP contribution in [0.5, 0.6) is 5.75 Å². The van der Waals surface area contributed by atoms with E-state index in [2.05, 4.69) is 23.1 Å². The van der Waals surface area contributed by atoms with Gasteiger partial charge in [-0.15, -0.1) is 0 Å². The standard InChI is InChI=1S/C21H25N3O4S/c1-2-3-4-5-14-27-18-10-8-16(9-11-18)20(26)23-24-21(29)22-19(25)13-12-17-7-6-15-28-17/h6-13,15H,2-5,14H2,1H3,(H,23,26)(H2,22,24,25,29)/b13-12+. The molecule has 154 valence electrons. The van der Waals surface area contributed by atoms with E-state index < -0.39 is 5.91 Å². The van der Waals surface area contributed by atoms with Crippen molar-refractivity contribution in [2.75, 3.05) is 6.61 Å². The van der Waals surface area contributed by atoms with E-state index in [1.807, 2.05) is 0 Å². The van der Waals surface area contributed by atoms with Crippen molar-refractivity contribution in [2.24, 2.45) is 0 Å². The minimum atomic E-state index is -0.450. The molecule has 0 saturated heterocycles. The highest BCUT2D eigenvalue weighted by atomic mass is 32.1. The van der Waals surface area contributed by atoms with Crippen molar-refractivity contribution in [2.45, 2.75) is 32.6 Å². The molecule has 29 heavy (non-hydrogen) atoms. The van der Waals surface area contributed by atoms with Gasteiger partial charge in [-0.05, 0) is 61.1 Å². The zero-order valence-corrected chi connectivity index (χ0v) is 17.1. The molecule has 2 amide bonds. The molecule has 2 rings (SSSR count). The van der Waals surface area contributed by atoms with Crippen LogP contribution in [0.1, 0.15) is 48.7 Å². The van der Waals surface area contributed by atoms with Crippen molar-refractivity contribution in [1.82, 2.24) is 16.2 Å². The lowest BCUT2D eigenvalue weighted by Gasteiger charge is -2.10. The van der Waals surface area contributed by atoms with Crippen LogP contribution in [-0.4, -0.2) is 23.5 Å². The quantitative estimate of drug-likeness (QED) is 0.251. The summed E-state index contributed by atoms with van der Waals surface area (Å²) < 4.78 is 10.7. The summed E-state index contributed by atoms with van der Waals surface area (Å²) >= 11 is 4.98. The van der Waals surface area contributed by atoms with Gasteiger partial charge in [-0.2, -0.15) is 0 Å². The van der Waals surface area contributed by atoms with Gasteiger partial charge >= 0.3 is 0 Å². The average molecular weight is 416 g/mol. The smallest absolute Gasteiger partial charge is 0.269 e. The number of furan rings is 1. The topological polar surface area (TPSA) is 92.6 Å². The molecule has 0 aliphatic carbocycles. The van der Waals surface area contributed by atoms with Crippen molar-refractivity contribution in [3.05, 3.63) is 60.1 Å². The van der Waals surface area contributed by atoms with Crippen molar-refractivity contribution in [1.29, 1.82) is 0 Å². The van der Waals surface area contributed by atoms with E-state index in [1.165, 1.54) is 31.3 Å². The summed E-state index contributed by atoms with van der Waals surface area (Å²) in [7, 11) is 0. The predicted molar refractivity (Wildman–Crippen MR) is 115 cm³/mol. The molecule has 0 unspecified atom stereocenters. The normalized spacial score (nSPS) is 10.5. The Morgan fingerprint density at radius 1 is 1.10 bits per heavy atom. The highest BCUT2D eigenvalue weighted by molar-refractivity contribution is 7.80. The Kier molecular flexibility index (Phi) is 9.44. The molecule has 0 bridgehead atoms. The Morgan fingerprint density at radius 3 is 2.59 bits per heavy atom. The van der Waals surface area contributed by atoms with Gasteiger partial charge in [0.05, 0.1) is 12.9 Å². The van der Waals surface area contributed by atoms with E-state index in [0.29, 0.717) is 17.9 Å². The molecule has 0 radical (unpaired) electrons. The Bertz CT molecular complexity index is 817. The third-order valence-electron chi connectivity index (χ3n) is 3.85. The molecule has 2 aromatic rings. The molecule has 0 aliphatic heterocycles. The number of ether oxygens (including phenoxy) is 1. The number of rotatable bonds is 9. The maximum atomic E-state index is 12.1. The van der Waals surface area contributed by atoms with Gasteiger partial charge in [-0.1, -0.05) is 26.2 Å². The molecule has 0 aliphatic rings. The number of nitrogens with one attached hydrogen (secondary N) is 3.